The molecule has 2 aromatic rings. The van der Waals surface area contributed by atoms with Gasteiger partial charge in [-0.05, 0) is 36.6 Å². The first-order chi connectivity index (χ1) is 10.7. The summed E-state index contributed by atoms with van der Waals surface area (Å²) in [5, 5.41) is 6.51. The van der Waals surface area contributed by atoms with E-state index in [9.17, 15) is 4.39 Å². The zero-order valence-electron chi connectivity index (χ0n) is 13.1. The van der Waals surface area contributed by atoms with Crippen molar-refractivity contribution in [3.63, 3.8) is 0 Å². The maximum absolute atomic E-state index is 13.1. The summed E-state index contributed by atoms with van der Waals surface area (Å²) < 4.78 is 13.1. The van der Waals surface area contributed by atoms with Crippen LogP contribution in [0.25, 0.3) is 0 Å². The lowest BCUT2D eigenvalue weighted by Gasteiger charge is -2.12. The topological polar surface area (TPSA) is 36.4 Å². The standard InChI is InChI=1S/C18H22FN3/c1-14-5-3-7-16(11-14)13-22-18(20-2)21-10-9-15-6-4-8-17(19)12-15/h3-8,11-12H,9-10,13H2,1-2H3,(H2,20,21,22). The molecular formula is C18H22FN3. The maximum atomic E-state index is 13.1. The molecular weight excluding hydrogens is 277 g/mol. The van der Waals surface area contributed by atoms with E-state index in [1.165, 1.54) is 17.2 Å². The minimum atomic E-state index is -0.195. The first-order valence-electron chi connectivity index (χ1n) is 7.42. The normalized spacial score (nSPS) is 11.3. The van der Waals surface area contributed by atoms with Gasteiger partial charge in [0, 0.05) is 20.1 Å². The van der Waals surface area contributed by atoms with E-state index in [4.69, 9.17) is 0 Å². The predicted octanol–water partition coefficient (Wildman–Crippen LogP) is 3.04. The Labute approximate surface area is 131 Å². The summed E-state index contributed by atoms with van der Waals surface area (Å²) in [4.78, 5) is 4.19. The Hall–Kier alpha value is -2.36. The third-order valence-electron chi connectivity index (χ3n) is 3.36. The molecule has 116 valence electrons. The van der Waals surface area contributed by atoms with Gasteiger partial charge < -0.3 is 10.6 Å². The number of hydrogen-bond acceptors (Lipinski definition) is 1. The molecule has 0 unspecified atom stereocenters. The maximum Gasteiger partial charge on any atom is 0.191 e. The summed E-state index contributed by atoms with van der Waals surface area (Å²) in [6.07, 6.45) is 0.753. The van der Waals surface area contributed by atoms with E-state index in [0.717, 1.165) is 24.5 Å². The van der Waals surface area contributed by atoms with Crippen LogP contribution in [0.5, 0.6) is 0 Å². The lowest BCUT2D eigenvalue weighted by molar-refractivity contribution is 0.625. The van der Waals surface area contributed by atoms with Gasteiger partial charge in [-0.15, -0.1) is 0 Å². The highest BCUT2D eigenvalue weighted by molar-refractivity contribution is 5.79. The van der Waals surface area contributed by atoms with Crippen LogP contribution in [0.3, 0.4) is 0 Å². The Bertz CT molecular complexity index is 638. The first-order valence-corrected chi connectivity index (χ1v) is 7.42. The molecule has 0 bridgehead atoms. The van der Waals surface area contributed by atoms with E-state index >= 15 is 0 Å². The molecule has 2 N–H and O–H groups in total. The van der Waals surface area contributed by atoms with Crippen LogP contribution in [-0.2, 0) is 13.0 Å². The smallest absolute Gasteiger partial charge is 0.191 e. The van der Waals surface area contributed by atoms with Crippen molar-refractivity contribution in [3.8, 4) is 0 Å². The van der Waals surface area contributed by atoms with Crippen molar-refractivity contribution >= 4 is 5.96 Å². The summed E-state index contributed by atoms with van der Waals surface area (Å²) >= 11 is 0. The lowest BCUT2D eigenvalue weighted by atomic mass is 10.1. The van der Waals surface area contributed by atoms with Crippen LogP contribution in [-0.4, -0.2) is 19.6 Å². The second kappa shape index (κ2) is 8.17. The number of aryl methyl sites for hydroxylation is 1. The molecule has 4 heteroatoms. The molecule has 0 radical (unpaired) electrons. The molecule has 2 rings (SSSR count). The van der Waals surface area contributed by atoms with Crippen LogP contribution in [0.2, 0.25) is 0 Å². The number of rotatable bonds is 5. The second-order valence-electron chi connectivity index (χ2n) is 5.22. The summed E-state index contributed by atoms with van der Waals surface area (Å²) in [5.41, 5.74) is 3.43. The van der Waals surface area contributed by atoms with Crippen LogP contribution in [0.15, 0.2) is 53.5 Å². The van der Waals surface area contributed by atoms with Crippen molar-refractivity contribution < 1.29 is 4.39 Å². The van der Waals surface area contributed by atoms with E-state index in [1.54, 1.807) is 19.2 Å². The highest BCUT2D eigenvalue weighted by atomic mass is 19.1. The van der Waals surface area contributed by atoms with Crippen molar-refractivity contribution in [2.45, 2.75) is 19.9 Å². The van der Waals surface area contributed by atoms with Crippen LogP contribution in [0.4, 0.5) is 4.39 Å². The number of aliphatic imine (C=N–C) groups is 1. The Morgan fingerprint density at radius 2 is 1.82 bits per heavy atom. The fourth-order valence-corrected chi connectivity index (χ4v) is 2.25. The molecule has 0 amide bonds. The van der Waals surface area contributed by atoms with Crippen LogP contribution in [0, 0.1) is 12.7 Å². The Morgan fingerprint density at radius 1 is 1.05 bits per heavy atom. The molecule has 22 heavy (non-hydrogen) atoms. The van der Waals surface area contributed by atoms with E-state index in [1.807, 2.05) is 12.1 Å². The minimum absolute atomic E-state index is 0.195. The predicted molar refractivity (Wildman–Crippen MR) is 89.5 cm³/mol. The molecule has 0 saturated heterocycles. The van der Waals surface area contributed by atoms with Crippen molar-refractivity contribution in [2.24, 2.45) is 4.99 Å². The van der Waals surface area contributed by atoms with E-state index in [2.05, 4.69) is 40.7 Å². The lowest BCUT2D eigenvalue weighted by Crippen LogP contribution is -2.37. The fourth-order valence-electron chi connectivity index (χ4n) is 2.25. The monoisotopic (exact) mass is 299 g/mol. The summed E-state index contributed by atoms with van der Waals surface area (Å²) in [5.74, 6) is 0.553. The van der Waals surface area contributed by atoms with Gasteiger partial charge in [-0.25, -0.2) is 4.39 Å². The van der Waals surface area contributed by atoms with E-state index in [-0.39, 0.29) is 5.82 Å². The highest BCUT2D eigenvalue weighted by Gasteiger charge is 2.00. The molecule has 2 aromatic carbocycles. The fraction of sp³-hybridized carbons (Fsp3) is 0.278. The van der Waals surface area contributed by atoms with Crippen LogP contribution < -0.4 is 10.6 Å². The zero-order valence-corrected chi connectivity index (χ0v) is 13.1. The summed E-state index contributed by atoms with van der Waals surface area (Å²) in [6.45, 7) is 3.51. The number of nitrogens with one attached hydrogen (secondary N) is 2. The number of benzene rings is 2. The van der Waals surface area contributed by atoms with Crippen molar-refractivity contribution in [1.29, 1.82) is 0 Å². The minimum Gasteiger partial charge on any atom is -0.356 e. The van der Waals surface area contributed by atoms with Gasteiger partial charge in [0.25, 0.3) is 0 Å². The summed E-state index contributed by atoms with van der Waals surface area (Å²) in [7, 11) is 1.74. The van der Waals surface area contributed by atoms with Crippen LogP contribution >= 0.6 is 0 Å². The van der Waals surface area contributed by atoms with Crippen LogP contribution in [0.1, 0.15) is 16.7 Å². The molecule has 0 aromatic heterocycles. The van der Waals surface area contributed by atoms with Gasteiger partial charge in [0.05, 0.1) is 0 Å². The third kappa shape index (κ3) is 5.20. The van der Waals surface area contributed by atoms with Gasteiger partial charge in [-0.3, -0.25) is 4.99 Å². The number of halogens is 1. The second-order valence-corrected chi connectivity index (χ2v) is 5.22. The number of hydrogen-bond donors (Lipinski definition) is 2. The van der Waals surface area contributed by atoms with Gasteiger partial charge in [0.2, 0.25) is 0 Å². The number of guanidine groups is 1. The molecule has 3 nitrogen and oxygen atoms in total. The molecule has 0 aliphatic carbocycles. The Morgan fingerprint density at radius 3 is 2.55 bits per heavy atom. The van der Waals surface area contributed by atoms with E-state index in [0.29, 0.717) is 6.54 Å². The zero-order chi connectivity index (χ0) is 15.8. The molecule has 0 fully saturated rings. The SMILES string of the molecule is CN=C(NCCc1cccc(F)c1)NCc1cccc(C)c1. The molecule has 0 saturated carbocycles. The number of nitrogens with zero attached hydrogens (tertiary/aromatic N) is 1. The molecule has 0 heterocycles. The first kappa shape index (κ1) is 16.0. The summed E-state index contributed by atoms with van der Waals surface area (Å²) in [6, 6.07) is 15.0. The van der Waals surface area contributed by atoms with E-state index < -0.39 is 0 Å². The van der Waals surface area contributed by atoms with Gasteiger partial charge in [0.1, 0.15) is 5.82 Å². The van der Waals surface area contributed by atoms with Crippen molar-refractivity contribution in [3.05, 3.63) is 71.0 Å². The average molecular weight is 299 g/mol. The van der Waals surface area contributed by atoms with Gasteiger partial charge in [0.15, 0.2) is 5.96 Å². The van der Waals surface area contributed by atoms with Gasteiger partial charge >= 0.3 is 0 Å². The van der Waals surface area contributed by atoms with Gasteiger partial charge in [-0.1, -0.05) is 42.0 Å². The molecule has 0 aliphatic rings. The third-order valence-corrected chi connectivity index (χ3v) is 3.36. The van der Waals surface area contributed by atoms with Crippen molar-refractivity contribution in [1.82, 2.24) is 10.6 Å². The Kier molecular flexibility index (Phi) is 5.95. The highest BCUT2D eigenvalue weighted by Crippen LogP contribution is 2.04. The van der Waals surface area contributed by atoms with Gasteiger partial charge in [-0.2, -0.15) is 0 Å². The molecule has 0 spiro atoms. The van der Waals surface area contributed by atoms with Crippen molar-refractivity contribution in [2.75, 3.05) is 13.6 Å². The molecule has 0 aliphatic heterocycles. The quantitative estimate of drug-likeness (QED) is 0.657. The average Bonchev–Trinajstić information content (AvgIpc) is 2.51. The largest absolute Gasteiger partial charge is 0.356 e. The Balaban J connectivity index is 1.78. The molecule has 0 atom stereocenters.